The number of methoxy groups -OCH3 is 1. The second-order valence-corrected chi connectivity index (χ2v) is 7.72. The molecule has 8 nitrogen and oxygen atoms in total. The molecule has 0 aliphatic heterocycles. The molecule has 4 N–H and O–H groups in total. The van der Waals surface area contributed by atoms with Gasteiger partial charge in [-0.3, -0.25) is 14.4 Å². The van der Waals surface area contributed by atoms with Gasteiger partial charge in [0.05, 0.1) is 18.9 Å². The van der Waals surface area contributed by atoms with Gasteiger partial charge in [-0.15, -0.1) is 0 Å². The first-order chi connectivity index (χ1) is 15.0. The molecule has 0 fully saturated rings. The first kappa shape index (κ1) is 26.7. The molecule has 0 amide bonds. The number of Topliss-reactive ketones (excluding diaryl/α,β-unsaturated/α-hetero) is 3. The molecule has 0 saturated heterocycles. The molecule has 0 radical (unpaired) electrons. The lowest BCUT2D eigenvalue weighted by Crippen LogP contribution is -2.18. The van der Waals surface area contributed by atoms with E-state index in [-0.39, 0.29) is 40.9 Å². The van der Waals surface area contributed by atoms with Crippen molar-refractivity contribution in [1.82, 2.24) is 0 Å². The van der Waals surface area contributed by atoms with E-state index in [4.69, 9.17) is 4.74 Å². The van der Waals surface area contributed by atoms with Crippen molar-refractivity contribution in [2.24, 2.45) is 5.92 Å². The summed E-state index contributed by atoms with van der Waals surface area (Å²) in [6.07, 6.45) is 0.538. The molecule has 0 aromatic heterocycles. The van der Waals surface area contributed by atoms with Crippen molar-refractivity contribution >= 4 is 17.3 Å². The Morgan fingerprint density at radius 3 is 2.12 bits per heavy atom. The molecule has 0 saturated carbocycles. The van der Waals surface area contributed by atoms with Crippen molar-refractivity contribution in [1.29, 1.82) is 0 Å². The van der Waals surface area contributed by atoms with Crippen LogP contribution in [0.3, 0.4) is 0 Å². The van der Waals surface area contributed by atoms with Gasteiger partial charge in [0.1, 0.15) is 28.6 Å². The fourth-order valence-corrected chi connectivity index (χ4v) is 3.36. The van der Waals surface area contributed by atoms with E-state index in [1.807, 2.05) is 0 Å². The lowest BCUT2D eigenvalue weighted by Gasteiger charge is -2.20. The van der Waals surface area contributed by atoms with E-state index in [1.54, 1.807) is 20.8 Å². The molecule has 8 heteroatoms. The summed E-state index contributed by atoms with van der Waals surface area (Å²) in [6, 6.07) is 0. The van der Waals surface area contributed by atoms with Crippen molar-refractivity contribution in [2.45, 2.75) is 60.3 Å². The highest BCUT2D eigenvalue weighted by atomic mass is 16.5. The van der Waals surface area contributed by atoms with Gasteiger partial charge in [0, 0.05) is 41.9 Å². The van der Waals surface area contributed by atoms with Crippen LogP contribution >= 0.6 is 0 Å². The van der Waals surface area contributed by atoms with Gasteiger partial charge in [0.15, 0.2) is 17.3 Å². The monoisotopic (exact) mass is 448 g/mol. The minimum Gasteiger partial charge on any atom is -0.515 e. The Morgan fingerprint density at radius 2 is 1.69 bits per heavy atom. The number of ketones is 3. The Kier molecular flexibility index (Phi) is 9.50. The fraction of sp³-hybridized carbons (Fsp3) is 0.458. The first-order valence-electron chi connectivity index (χ1n) is 10.5. The number of aliphatic hydroxyl groups is 2. The van der Waals surface area contributed by atoms with E-state index in [1.165, 1.54) is 21.0 Å². The van der Waals surface area contributed by atoms with Gasteiger partial charge in [-0.25, -0.2) is 0 Å². The SMILES string of the molecule is CCCC(=O)c1c(O)c(C/C(C(=O)C(C)C)=C(O)/C(=C/O)C(=O)CC)c(O)c(C)c1OC. The van der Waals surface area contributed by atoms with Crippen molar-refractivity contribution in [3.05, 3.63) is 39.9 Å². The molecule has 0 spiro atoms. The van der Waals surface area contributed by atoms with Gasteiger partial charge in [-0.1, -0.05) is 27.7 Å². The van der Waals surface area contributed by atoms with E-state index in [0.717, 1.165) is 0 Å². The molecule has 1 aromatic carbocycles. The van der Waals surface area contributed by atoms with Crippen LogP contribution < -0.4 is 4.74 Å². The molecular weight excluding hydrogens is 416 g/mol. The number of ether oxygens (including phenoxy) is 1. The summed E-state index contributed by atoms with van der Waals surface area (Å²) in [4.78, 5) is 37.7. The minimum absolute atomic E-state index is 0.0178. The largest absolute Gasteiger partial charge is 0.515 e. The first-order valence-corrected chi connectivity index (χ1v) is 10.5. The standard InChI is InChI=1S/C24H32O8/c1-7-9-18(27)19-23(31)15(21(29)13(5)24(19)32-6)10-14(20(28)12(3)4)22(30)16(11-25)17(26)8-2/h11-12,25,29-31H,7-10H2,1-6H3/b16-11+,22-14+. The molecule has 0 bridgehead atoms. The summed E-state index contributed by atoms with van der Waals surface area (Å²) < 4.78 is 5.24. The molecule has 32 heavy (non-hydrogen) atoms. The van der Waals surface area contributed by atoms with Crippen LogP contribution in [0.5, 0.6) is 17.2 Å². The molecule has 1 rings (SSSR count). The number of phenolic OH excluding ortho intramolecular Hbond substituents is 2. The maximum atomic E-state index is 12.9. The Labute approximate surface area is 187 Å². The van der Waals surface area contributed by atoms with E-state index >= 15 is 0 Å². The lowest BCUT2D eigenvalue weighted by atomic mass is 9.88. The Hall–Kier alpha value is -3.29. The van der Waals surface area contributed by atoms with Gasteiger partial charge in [0.2, 0.25) is 0 Å². The number of hydrogen-bond donors (Lipinski definition) is 4. The number of hydrogen-bond acceptors (Lipinski definition) is 8. The van der Waals surface area contributed by atoms with Crippen LogP contribution in [0.15, 0.2) is 23.2 Å². The average molecular weight is 449 g/mol. The quantitative estimate of drug-likeness (QED) is 0.169. The zero-order chi connectivity index (χ0) is 24.7. The number of aromatic hydroxyl groups is 2. The number of carbonyl (C=O) groups excluding carboxylic acids is 3. The van der Waals surface area contributed by atoms with E-state index in [9.17, 15) is 34.8 Å². The minimum atomic E-state index is -0.744. The fourth-order valence-electron chi connectivity index (χ4n) is 3.36. The zero-order valence-corrected chi connectivity index (χ0v) is 19.4. The summed E-state index contributed by atoms with van der Waals surface area (Å²) in [5.41, 5.74) is -0.857. The highest BCUT2D eigenvalue weighted by molar-refractivity contribution is 6.05. The summed E-state index contributed by atoms with van der Waals surface area (Å²) in [5.74, 6) is -3.87. The van der Waals surface area contributed by atoms with E-state index < -0.39 is 52.5 Å². The maximum absolute atomic E-state index is 12.9. The van der Waals surface area contributed by atoms with Crippen LogP contribution in [0, 0.1) is 12.8 Å². The highest BCUT2D eigenvalue weighted by Crippen LogP contribution is 2.44. The smallest absolute Gasteiger partial charge is 0.170 e. The van der Waals surface area contributed by atoms with Crippen LogP contribution in [0.2, 0.25) is 0 Å². The molecule has 0 aliphatic rings. The Morgan fingerprint density at radius 1 is 1.09 bits per heavy atom. The molecule has 176 valence electrons. The van der Waals surface area contributed by atoms with Crippen molar-refractivity contribution in [2.75, 3.05) is 7.11 Å². The molecule has 0 aliphatic carbocycles. The highest BCUT2D eigenvalue weighted by Gasteiger charge is 2.30. The Bertz CT molecular complexity index is 967. The Balaban J connectivity index is 3.89. The number of carbonyl (C=O) groups is 3. The molecule has 0 unspecified atom stereocenters. The summed E-state index contributed by atoms with van der Waals surface area (Å²) in [5, 5.41) is 41.8. The summed E-state index contributed by atoms with van der Waals surface area (Å²) >= 11 is 0. The van der Waals surface area contributed by atoms with Crippen LogP contribution in [0.4, 0.5) is 0 Å². The second kappa shape index (κ2) is 11.4. The van der Waals surface area contributed by atoms with Crippen LogP contribution in [-0.4, -0.2) is 44.9 Å². The van der Waals surface area contributed by atoms with Crippen LogP contribution in [-0.2, 0) is 16.0 Å². The van der Waals surface area contributed by atoms with Crippen molar-refractivity contribution < 1.29 is 39.5 Å². The number of phenols is 2. The number of benzene rings is 1. The number of rotatable bonds is 11. The predicted molar refractivity (Wildman–Crippen MR) is 120 cm³/mol. The second-order valence-electron chi connectivity index (χ2n) is 7.72. The molecule has 0 atom stereocenters. The maximum Gasteiger partial charge on any atom is 0.170 e. The zero-order valence-electron chi connectivity index (χ0n) is 19.4. The van der Waals surface area contributed by atoms with Gasteiger partial charge in [-0.05, 0) is 13.3 Å². The summed E-state index contributed by atoms with van der Waals surface area (Å²) in [7, 11) is 1.30. The van der Waals surface area contributed by atoms with Crippen LogP contribution in [0.25, 0.3) is 0 Å². The van der Waals surface area contributed by atoms with Gasteiger partial charge in [0.25, 0.3) is 0 Å². The van der Waals surface area contributed by atoms with Crippen molar-refractivity contribution in [3.8, 4) is 17.2 Å². The lowest BCUT2D eigenvalue weighted by molar-refractivity contribution is -0.118. The topological polar surface area (TPSA) is 141 Å². The third-order valence-corrected chi connectivity index (χ3v) is 5.16. The number of allylic oxidation sites excluding steroid dienone is 2. The summed E-state index contributed by atoms with van der Waals surface area (Å²) in [6.45, 7) is 7.97. The molecule has 0 heterocycles. The average Bonchev–Trinajstić information content (AvgIpc) is 2.75. The van der Waals surface area contributed by atoms with Gasteiger partial charge < -0.3 is 25.2 Å². The third kappa shape index (κ3) is 5.30. The van der Waals surface area contributed by atoms with Gasteiger partial charge in [-0.2, -0.15) is 0 Å². The normalized spacial score (nSPS) is 12.5. The van der Waals surface area contributed by atoms with Crippen molar-refractivity contribution in [3.63, 3.8) is 0 Å². The molecule has 1 aromatic rings. The van der Waals surface area contributed by atoms with Gasteiger partial charge >= 0.3 is 0 Å². The molecular formula is C24H32O8. The van der Waals surface area contributed by atoms with Crippen LogP contribution in [0.1, 0.15) is 68.4 Å². The third-order valence-electron chi connectivity index (χ3n) is 5.16. The predicted octanol–water partition coefficient (Wildman–Crippen LogP) is 4.40. The van der Waals surface area contributed by atoms with E-state index in [0.29, 0.717) is 12.7 Å². The van der Waals surface area contributed by atoms with E-state index in [2.05, 4.69) is 0 Å². The number of aliphatic hydroxyl groups excluding tert-OH is 2.